The molecule has 0 aliphatic heterocycles. The van der Waals surface area contributed by atoms with Crippen LogP contribution in [0.1, 0.15) is 12.5 Å². The van der Waals surface area contributed by atoms with Crippen molar-refractivity contribution < 1.29 is 9.53 Å². The number of hydrogen-bond acceptors (Lipinski definition) is 3. The Labute approximate surface area is 107 Å². The Balaban J connectivity index is 2.16. The van der Waals surface area contributed by atoms with Crippen molar-refractivity contribution in [1.82, 2.24) is 5.32 Å². The van der Waals surface area contributed by atoms with Crippen molar-refractivity contribution in [3.8, 4) is 0 Å². The van der Waals surface area contributed by atoms with Crippen LogP contribution in [-0.2, 0) is 15.3 Å². The van der Waals surface area contributed by atoms with Gasteiger partial charge in [-0.05, 0) is 12.5 Å². The molecule has 1 rings (SSSR count). The summed E-state index contributed by atoms with van der Waals surface area (Å²) in [6.45, 7) is 2.48. The van der Waals surface area contributed by atoms with Gasteiger partial charge in [0, 0.05) is 18.9 Å². The van der Waals surface area contributed by atoms with Gasteiger partial charge in [0.05, 0.1) is 12.4 Å². The first-order valence-corrected chi connectivity index (χ1v) is 6.78. The van der Waals surface area contributed by atoms with E-state index in [-0.39, 0.29) is 11.9 Å². The van der Waals surface area contributed by atoms with E-state index in [1.807, 2.05) is 25.1 Å². The lowest BCUT2D eigenvalue weighted by molar-refractivity contribution is -0.119. The lowest BCUT2D eigenvalue weighted by Crippen LogP contribution is -2.36. The summed E-state index contributed by atoms with van der Waals surface area (Å²) in [5, 5.41) is 2.88. The Bertz CT molecular complexity index is 329. The van der Waals surface area contributed by atoms with Crippen LogP contribution in [0.25, 0.3) is 0 Å². The van der Waals surface area contributed by atoms with E-state index in [1.54, 1.807) is 18.9 Å². The Morgan fingerprint density at radius 2 is 2.12 bits per heavy atom. The predicted octanol–water partition coefficient (Wildman–Crippen LogP) is 2.07. The summed E-state index contributed by atoms with van der Waals surface area (Å²) < 4.78 is 4.96. The van der Waals surface area contributed by atoms with Crippen molar-refractivity contribution in [3.63, 3.8) is 0 Å². The summed E-state index contributed by atoms with van der Waals surface area (Å²) in [5.74, 6) is 1.42. The SMILES string of the molecule is COCC(C)NC(=O)CSCc1ccccc1. The van der Waals surface area contributed by atoms with Gasteiger partial charge in [-0.15, -0.1) is 11.8 Å². The molecule has 0 aliphatic carbocycles. The van der Waals surface area contributed by atoms with E-state index >= 15 is 0 Å². The van der Waals surface area contributed by atoms with Gasteiger partial charge in [0.1, 0.15) is 0 Å². The molecule has 0 bridgehead atoms. The molecule has 1 aromatic carbocycles. The molecule has 1 amide bonds. The fourth-order valence-corrected chi connectivity index (χ4v) is 2.24. The number of rotatable bonds is 7. The van der Waals surface area contributed by atoms with Gasteiger partial charge in [-0.2, -0.15) is 0 Å². The number of nitrogens with one attached hydrogen (secondary N) is 1. The first-order valence-electron chi connectivity index (χ1n) is 5.62. The molecular weight excluding hydrogens is 234 g/mol. The molecule has 0 aliphatic rings. The number of benzene rings is 1. The molecule has 0 radical (unpaired) electrons. The Morgan fingerprint density at radius 3 is 2.76 bits per heavy atom. The van der Waals surface area contributed by atoms with Crippen LogP contribution in [0.15, 0.2) is 30.3 Å². The van der Waals surface area contributed by atoms with E-state index < -0.39 is 0 Å². The number of amides is 1. The minimum Gasteiger partial charge on any atom is -0.383 e. The lowest BCUT2D eigenvalue weighted by atomic mass is 10.2. The Kier molecular flexibility index (Phi) is 6.74. The summed E-state index contributed by atoms with van der Waals surface area (Å²) in [4.78, 5) is 11.5. The van der Waals surface area contributed by atoms with E-state index in [2.05, 4.69) is 17.4 Å². The van der Waals surface area contributed by atoms with Gasteiger partial charge in [0.15, 0.2) is 0 Å². The molecular formula is C13H19NO2S. The molecule has 0 aromatic heterocycles. The molecule has 0 saturated heterocycles. The maximum Gasteiger partial charge on any atom is 0.230 e. The van der Waals surface area contributed by atoms with Crippen LogP contribution in [-0.4, -0.2) is 31.4 Å². The highest BCUT2D eigenvalue weighted by Gasteiger charge is 2.06. The number of methoxy groups -OCH3 is 1. The van der Waals surface area contributed by atoms with Crippen molar-refractivity contribution >= 4 is 17.7 Å². The van der Waals surface area contributed by atoms with Crippen LogP contribution in [0, 0.1) is 0 Å². The van der Waals surface area contributed by atoms with Crippen molar-refractivity contribution in [3.05, 3.63) is 35.9 Å². The smallest absolute Gasteiger partial charge is 0.230 e. The zero-order valence-electron chi connectivity index (χ0n) is 10.3. The number of carbonyl (C=O) groups is 1. The van der Waals surface area contributed by atoms with E-state index in [9.17, 15) is 4.79 Å². The molecule has 1 atom stereocenters. The van der Waals surface area contributed by atoms with Gasteiger partial charge in [-0.25, -0.2) is 0 Å². The maximum absolute atomic E-state index is 11.5. The highest BCUT2D eigenvalue weighted by atomic mass is 32.2. The largest absolute Gasteiger partial charge is 0.383 e. The highest BCUT2D eigenvalue weighted by Crippen LogP contribution is 2.11. The van der Waals surface area contributed by atoms with Crippen molar-refractivity contribution in [1.29, 1.82) is 0 Å². The van der Waals surface area contributed by atoms with Crippen LogP contribution < -0.4 is 5.32 Å². The lowest BCUT2D eigenvalue weighted by Gasteiger charge is -2.12. The fraction of sp³-hybridized carbons (Fsp3) is 0.462. The Morgan fingerprint density at radius 1 is 1.41 bits per heavy atom. The predicted molar refractivity (Wildman–Crippen MR) is 72.1 cm³/mol. The van der Waals surface area contributed by atoms with Gasteiger partial charge in [0.2, 0.25) is 5.91 Å². The van der Waals surface area contributed by atoms with Crippen LogP contribution in [0.3, 0.4) is 0 Å². The average Bonchev–Trinajstić information content (AvgIpc) is 2.30. The Hall–Kier alpha value is -1.00. The van der Waals surface area contributed by atoms with E-state index in [0.29, 0.717) is 12.4 Å². The van der Waals surface area contributed by atoms with Crippen LogP contribution in [0.2, 0.25) is 0 Å². The molecule has 17 heavy (non-hydrogen) atoms. The third-order valence-corrected chi connectivity index (χ3v) is 3.17. The van der Waals surface area contributed by atoms with Crippen molar-refractivity contribution in [2.45, 2.75) is 18.7 Å². The highest BCUT2D eigenvalue weighted by molar-refractivity contribution is 7.99. The van der Waals surface area contributed by atoms with Crippen LogP contribution in [0.5, 0.6) is 0 Å². The van der Waals surface area contributed by atoms with Gasteiger partial charge in [-0.1, -0.05) is 30.3 Å². The second kappa shape index (κ2) is 8.14. The second-order valence-corrected chi connectivity index (χ2v) is 4.89. The molecule has 0 fully saturated rings. The monoisotopic (exact) mass is 253 g/mol. The number of hydrogen-bond donors (Lipinski definition) is 1. The number of thioether (sulfide) groups is 1. The van der Waals surface area contributed by atoms with Gasteiger partial charge in [0.25, 0.3) is 0 Å². The van der Waals surface area contributed by atoms with Gasteiger partial charge < -0.3 is 10.1 Å². The topological polar surface area (TPSA) is 38.3 Å². The van der Waals surface area contributed by atoms with Gasteiger partial charge in [-0.3, -0.25) is 4.79 Å². The fourth-order valence-electron chi connectivity index (χ4n) is 1.44. The molecule has 1 N–H and O–H groups in total. The van der Waals surface area contributed by atoms with E-state index in [0.717, 1.165) is 5.75 Å². The maximum atomic E-state index is 11.5. The normalized spacial score (nSPS) is 12.1. The molecule has 1 aromatic rings. The first-order chi connectivity index (χ1) is 8.22. The minimum absolute atomic E-state index is 0.0653. The standard InChI is InChI=1S/C13H19NO2S/c1-11(8-16-2)14-13(15)10-17-9-12-6-4-3-5-7-12/h3-7,11H,8-10H2,1-2H3,(H,14,15). The number of carbonyl (C=O) groups excluding carboxylic acids is 1. The summed E-state index contributed by atoms with van der Waals surface area (Å²) in [6, 6.07) is 10.2. The molecule has 94 valence electrons. The minimum atomic E-state index is 0.0653. The zero-order valence-corrected chi connectivity index (χ0v) is 11.1. The number of ether oxygens (including phenoxy) is 1. The molecule has 0 spiro atoms. The quantitative estimate of drug-likeness (QED) is 0.808. The third kappa shape index (κ3) is 6.34. The molecule has 0 heterocycles. The molecule has 4 heteroatoms. The summed E-state index contributed by atoms with van der Waals surface area (Å²) in [7, 11) is 1.63. The molecule has 1 unspecified atom stereocenters. The summed E-state index contributed by atoms with van der Waals surface area (Å²) in [5.41, 5.74) is 1.25. The van der Waals surface area contributed by atoms with Crippen LogP contribution >= 0.6 is 11.8 Å². The second-order valence-electron chi connectivity index (χ2n) is 3.90. The summed E-state index contributed by atoms with van der Waals surface area (Å²) in [6.07, 6.45) is 0. The first kappa shape index (κ1) is 14.1. The van der Waals surface area contributed by atoms with Crippen molar-refractivity contribution in [2.24, 2.45) is 0 Å². The van der Waals surface area contributed by atoms with Gasteiger partial charge >= 0.3 is 0 Å². The third-order valence-electron chi connectivity index (χ3n) is 2.17. The summed E-state index contributed by atoms with van der Waals surface area (Å²) >= 11 is 1.62. The van der Waals surface area contributed by atoms with E-state index in [4.69, 9.17) is 4.74 Å². The van der Waals surface area contributed by atoms with E-state index in [1.165, 1.54) is 5.56 Å². The zero-order chi connectivity index (χ0) is 12.5. The van der Waals surface area contributed by atoms with Crippen LogP contribution in [0.4, 0.5) is 0 Å². The molecule has 0 saturated carbocycles. The average molecular weight is 253 g/mol. The van der Waals surface area contributed by atoms with Crippen molar-refractivity contribution in [2.75, 3.05) is 19.5 Å². The molecule has 3 nitrogen and oxygen atoms in total.